The lowest BCUT2D eigenvalue weighted by molar-refractivity contribution is 0.554. The zero-order chi connectivity index (χ0) is 11.4. The van der Waals surface area contributed by atoms with Crippen molar-refractivity contribution in [2.75, 3.05) is 6.54 Å². The number of nitrogens with one attached hydrogen (secondary N) is 1. The fraction of sp³-hybridized carbons (Fsp3) is 0.417. The summed E-state index contributed by atoms with van der Waals surface area (Å²) in [5.41, 5.74) is 0. The molecule has 16 heavy (non-hydrogen) atoms. The number of thiazole rings is 1. The second-order valence-corrected chi connectivity index (χ2v) is 6.20. The van der Waals surface area contributed by atoms with Crippen LogP contribution in [0.25, 0.3) is 9.88 Å². The molecule has 0 aliphatic carbocycles. The Morgan fingerprint density at radius 3 is 3.00 bits per heavy atom. The van der Waals surface area contributed by atoms with E-state index in [0.717, 1.165) is 18.1 Å². The van der Waals surface area contributed by atoms with Crippen LogP contribution in [-0.2, 0) is 6.54 Å². The van der Waals surface area contributed by atoms with E-state index in [0.29, 0.717) is 5.92 Å². The van der Waals surface area contributed by atoms with Gasteiger partial charge in [0.1, 0.15) is 5.01 Å². The molecule has 0 radical (unpaired) electrons. The predicted octanol–water partition coefficient (Wildman–Crippen LogP) is 3.62. The maximum atomic E-state index is 4.45. The van der Waals surface area contributed by atoms with Crippen molar-refractivity contribution in [1.82, 2.24) is 10.3 Å². The van der Waals surface area contributed by atoms with E-state index < -0.39 is 0 Å². The van der Waals surface area contributed by atoms with Gasteiger partial charge < -0.3 is 5.32 Å². The first-order chi connectivity index (χ1) is 7.75. The van der Waals surface area contributed by atoms with Gasteiger partial charge in [-0.3, -0.25) is 0 Å². The predicted molar refractivity (Wildman–Crippen MR) is 72.0 cm³/mol. The molecule has 0 spiro atoms. The van der Waals surface area contributed by atoms with E-state index in [9.17, 15) is 0 Å². The number of hydrogen-bond donors (Lipinski definition) is 1. The van der Waals surface area contributed by atoms with Gasteiger partial charge in [0, 0.05) is 17.6 Å². The summed E-state index contributed by atoms with van der Waals surface area (Å²) in [6, 6.07) is 4.19. The molecule has 4 heteroatoms. The molecule has 2 rings (SSSR count). The van der Waals surface area contributed by atoms with Gasteiger partial charge in [0.25, 0.3) is 0 Å². The van der Waals surface area contributed by atoms with Crippen LogP contribution in [0, 0.1) is 5.92 Å². The van der Waals surface area contributed by atoms with Crippen LogP contribution in [-0.4, -0.2) is 11.5 Å². The highest BCUT2D eigenvalue weighted by molar-refractivity contribution is 7.20. The summed E-state index contributed by atoms with van der Waals surface area (Å²) in [5.74, 6) is 0.699. The van der Waals surface area contributed by atoms with E-state index in [1.54, 1.807) is 22.7 Å². The molecule has 2 aromatic heterocycles. The van der Waals surface area contributed by atoms with Crippen LogP contribution in [0.3, 0.4) is 0 Å². The molecular formula is C12H16N2S2. The SMILES string of the molecule is CC(C)CNCc1cnc(-c2cccs2)s1. The number of thiophene rings is 1. The van der Waals surface area contributed by atoms with Crippen molar-refractivity contribution < 1.29 is 0 Å². The first-order valence-corrected chi connectivity index (χ1v) is 7.14. The van der Waals surface area contributed by atoms with Gasteiger partial charge in [-0.05, 0) is 23.9 Å². The smallest absolute Gasteiger partial charge is 0.133 e. The summed E-state index contributed by atoms with van der Waals surface area (Å²) >= 11 is 3.52. The van der Waals surface area contributed by atoms with Crippen molar-refractivity contribution >= 4 is 22.7 Å². The standard InChI is InChI=1S/C12H16N2S2/c1-9(2)6-13-7-10-8-14-12(16-10)11-4-3-5-15-11/h3-5,8-9,13H,6-7H2,1-2H3. The summed E-state index contributed by atoms with van der Waals surface area (Å²) in [7, 11) is 0. The molecule has 0 saturated heterocycles. The van der Waals surface area contributed by atoms with Crippen molar-refractivity contribution in [1.29, 1.82) is 0 Å². The summed E-state index contributed by atoms with van der Waals surface area (Å²) in [5, 5.41) is 6.66. The highest BCUT2D eigenvalue weighted by Gasteiger charge is 2.05. The van der Waals surface area contributed by atoms with Crippen LogP contribution in [0.4, 0.5) is 0 Å². The largest absolute Gasteiger partial charge is 0.312 e. The normalized spacial score (nSPS) is 11.2. The second kappa shape index (κ2) is 5.57. The highest BCUT2D eigenvalue weighted by atomic mass is 32.1. The molecule has 0 atom stereocenters. The molecule has 2 aromatic rings. The molecule has 0 aliphatic heterocycles. The van der Waals surface area contributed by atoms with Crippen LogP contribution < -0.4 is 5.32 Å². The minimum atomic E-state index is 0.699. The number of aromatic nitrogens is 1. The Morgan fingerprint density at radius 2 is 2.31 bits per heavy atom. The van der Waals surface area contributed by atoms with E-state index in [-0.39, 0.29) is 0 Å². The van der Waals surface area contributed by atoms with Crippen LogP contribution >= 0.6 is 22.7 Å². The van der Waals surface area contributed by atoms with Crippen molar-refractivity contribution in [3.63, 3.8) is 0 Å². The Kier molecular flexibility index (Phi) is 4.09. The fourth-order valence-electron chi connectivity index (χ4n) is 1.39. The third kappa shape index (κ3) is 3.14. The van der Waals surface area contributed by atoms with Crippen LogP contribution in [0.15, 0.2) is 23.7 Å². The second-order valence-electron chi connectivity index (χ2n) is 4.13. The van der Waals surface area contributed by atoms with Gasteiger partial charge in [-0.25, -0.2) is 4.98 Å². The van der Waals surface area contributed by atoms with Crippen molar-refractivity contribution in [2.45, 2.75) is 20.4 Å². The van der Waals surface area contributed by atoms with E-state index in [1.807, 2.05) is 6.20 Å². The van der Waals surface area contributed by atoms with Crippen molar-refractivity contribution in [3.8, 4) is 9.88 Å². The zero-order valence-corrected chi connectivity index (χ0v) is 11.2. The van der Waals surface area contributed by atoms with Crippen molar-refractivity contribution in [3.05, 3.63) is 28.6 Å². The summed E-state index contributed by atoms with van der Waals surface area (Å²) < 4.78 is 0. The molecule has 0 aliphatic rings. The number of rotatable bonds is 5. The third-order valence-electron chi connectivity index (χ3n) is 2.14. The van der Waals surface area contributed by atoms with Gasteiger partial charge >= 0.3 is 0 Å². The Balaban J connectivity index is 1.93. The fourth-order valence-corrected chi connectivity index (χ4v) is 3.07. The minimum Gasteiger partial charge on any atom is -0.312 e. The van der Waals surface area contributed by atoms with E-state index in [4.69, 9.17) is 0 Å². The molecule has 0 amide bonds. The number of hydrogen-bond acceptors (Lipinski definition) is 4. The average molecular weight is 252 g/mol. The van der Waals surface area contributed by atoms with Gasteiger partial charge in [0.2, 0.25) is 0 Å². The van der Waals surface area contributed by atoms with Gasteiger partial charge in [0.15, 0.2) is 0 Å². The van der Waals surface area contributed by atoms with Gasteiger partial charge in [-0.1, -0.05) is 19.9 Å². The third-order valence-corrected chi connectivity index (χ3v) is 4.17. The molecule has 0 bridgehead atoms. The lowest BCUT2D eigenvalue weighted by Gasteiger charge is -2.04. The zero-order valence-electron chi connectivity index (χ0n) is 9.56. The molecule has 0 fully saturated rings. The Labute approximate surface area is 104 Å². The van der Waals surface area contributed by atoms with Gasteiger partial charge in [0.05, 0.1) is 4.88 Å². The molecule has 86 valence electrons. The maximum Gasteiger partial charge on any atom is 0.133 e. The lowest BCUT2D eigenvalue weighted by Crippen LogP contribution is -2.18. The summed E-state index contributed by atoms with van der Waals surface area (Å²) in [6.45, 7) is 6.43. The monoisotopic (exact) mass is 252 g/mol. The lowest BCUT2D eigenvalue weighted by atomic mass is 10.2. The molecule has 1 N–H and O–H groups in total. The summed E-state index contributed by atoms with van der Waals surface area (Å²) in [6.07, 6.45) is 1.98. The molecular weight excluding hydrogens is 236 g/mol. The van der Waals surface area contributed by atoms with Crippen molar-refractivity contribution in [2.24, 2.45) is 5.92 Å². The molecule has 0 aromatic carbocycles. The average Bonchev–Trinajstić information content (AvgIpc) is 2.85. The van der Waals surface area contributed by atoms with Gasteiger partial charge in [-0.2, -0.15) is 0 Å². The van der Waals surface area contributed by atoms with Gasteiger partial charge in [-0.15, -0.1) is 22.7 Å². The Hall–Kier alpha value is -0.710. The van der Waals surface area contributed by atoms with Crippen LogP contribution in [0.5, 0.6) is 0 Å². The topological polar surface area (TPSA) is 24.9 Å². The molecule has 2 heterocycles. The first-order valence-electron chi connectivity index (χ1n) is 5.45. The Morgan fingerprint density at radius 1 is 1.44 bits per heavy atom. The molecule has 0 unspecified atom stereocenters. The van der Waals surface area contributed by atoms with E-state index in [2.05, 4.69) is 41.7 Å². The molecule has 2 nitrogen and oxygen atoms in total. The highest BCUT2D eigenvalue weighted by Crippen LogP contribution is 2.28. The Bertz CT molecular complexity index is 418. The minimum absolute atomic E-state index is 0.699. The van der Waals surface area contributed by atoms with E-state index >= 15 is 0 Å². The van der Waals surface area contributed by atoms with Crippen LogP contribution in [0.1, 0.15) is 18.7 Å². The quantitative estimate of drug-likeness (QED) is 0.879. The van der Waals surface area contributed by atoms with Crippen LogP contribution in [0.2, 0.25) is 0 Å². The number of nitrogens with zero attached hydrogens (tertiary/aromatic N) is 1. The summed E-state index contributed by atoms with van der Waals surface area (Å²) in [4.78, 5) is 7.02. The maximum absolute atomic E-state index is 4.45. The van der Waals surface area contributed by atoms with E-state index in [1.165, 1.54) is 9.75 Å². The molecule has 0 saturated carbocycles. The first kappa shape index (κ1) is 11.8.